The molecule has 0 spiro atoms. The fourth-order valence-electron chi connectivity index (χ4n) is 2.28. The smallest absolute Gasteiger partial charge is 0.275 e. The van der Waals surface area contributed by atoms with Gasteiger partial charge >= 0.3 is 0 Å². The Balaban J connectivity index is 1.95. The molecule has 1 heterocycles. The van der Waals surface area contributed by atoms with Crippen molar-refractivity contribution in [1.82, 2.24) is 15.5 Å². The first kappa shape index (κ1) is 17.1. The first-order valence-corrected chi connectivity index (χ1v) is 7.75. The SMILES string of the molecule is Cc1cccc(-c2nnc(C[NH+](C)CC(=O)NC(C)(C)C)o2)c1. The number of benzene rings is 1. The van der Waals surface area contributed by atoms with Crippen molar-refractivity contribution in [2.75, 3.05) is 13.6 Å². The maximum atomic E-state index is 11.9. The van der Waals surface area contributed by atoms with Gasteiger partial charge in [-0.15, -0.1) is 10.2 Å². The van der Waals surface area contributed by atoms with Crippen molar-refractivity contribution in [1.29, 1.82) is 0 Å². The fraction of sp³-hybridized carbons (Fsp3) is 0.471. The van der Waals surface area contributed by atoms with Crippen LogP contribution >= 0.6 is 0 Å². The number of nitrogens with zero attached hydrogens (tertiary/aromatic N) is 2. The van der Waals surface area contributed by atoms with E-state index in [4.69, 9.17) is 4.42 Å². The van der Waals surface area contributed by atoms with E-state index >= 15 is 0 Å². The number of aryl methyl sites for hydroxylation is 1. The molecule has 2 rings (SSSR count). The molecule has 0 saturated heterocycles. The largest absolute Gasteiger partial charge is 0.415 e. The Labute approximate surface area is 136 Å². The highest BCUT2D eigenvalue weighted by atomic mass is 16.4. The Morgan fingerprint density at radius 2 is 2.04 bits per heavy atom. The second kappa shape index (κ2) is 6.91. The van der Waals surface area contributed by atoms with Crippen LogP contribution in [0.25, 0.3) is 11.5 Å². The topological polar surface area (TPSA) is 72.5 Å². The van der Waals surface area contributed by atoms with Crippen LogP contribution in [-0.4, -0.2) is 35.2 Å². The molecule has 0 aliphatic rings. The summed E-state index contributed by atoms with van der Waals surface area (Å²) in [6.45, 7) is 8.79. The molecule has 1 atom stereocenters. The molecule has 0 fully saturated rings. The van der Waals surface area contributed by atoms with E-state index in [1.807, 2.05) is 59.0 Å². The molecule has 23 heavy (non-hydrogen) atoms. The summed E-state index contributed by atoms with van der Waals surface area (Å²) in [7, 11) is 1.93. The number of nitrogens with one attached hydrogen (secondary N) is 2. The average Bonchev–Trinajstić information content (AvgIpc) is 2.84. The highest BCUT2D eigenvalue weighted by molar-refractivity contribution is 5.77. The minimum Gasteiger partial charge on any atom is -0.415 e. The molecule has 0 radical (unpaired) electrons. The van der Waals surface area contributed by atoms with Crippen LogP contribution < -0.4 is 10.2 Å². The van der Waals surface area contributed by atoms with Gasteiger partial charge in [-0.3, -0.25) is 4.79 Å². The molecule has 0 saturated carbocycles. The lowest BCUT2D eigenvalue weighted by molar-refractivity contribution is -0.886. The summed E-state index contributed by atoms with van der Waals surface area (Å²) in [5, 5.41) is 11.1. The Morgan fingerprint density at radius 3 is 2.70 bits per heavy atom. The number of amides is 1. The molecule has 6 heteroatoms. The maximum Gasteiger partial charge on any atom is 0.275 e. The van der Waals surface area contributed by atoms with Gasteiger partial charge in [0.15, 0.2) is 13.1 Å². The Hall–Kier alpha value is -2.21. The summed E-state index contributed by atoms with van der Waals surface area (Å²) in [6, 6.07) is 7.93. The van der Waals surface area contributed by atoms with Crippen LogP contribution in [0.5, 0.6) is 0 Å². The summed E-state index contributed by atoms with van der Waals surface area (Å²) >= 11 is 0. The number of hydrogen-bond acceptors (Lipinski definition) is 4. The standard InChI is InChI=1S/C17H24N4O2/c1-12-7-6-8-13(9-12)16-20-19-15(23-16)11-21(5)10-14(22)18-17(2,3)4/h6-9H,10-11H2,1-5H3,(H,18,22)/p+1. The van der Waals surface area contributed by atoms with Gasteiger partial charge in [-0.1, -0.05) is 17.7 Å². The van der Waals surface area contributed by atoms with Gasteiger partial charge in [0.05, 0.1) is 7.05 Å². The Bertz CT molecular complexity index is 673. The van der Waals surface area contributed by atoms with Crippen LogP contribution in [-0.2, 0) is 11.3 Å². The van der Waals surface area contributed by atoms with E-state index in [1.54, 1.807) is 0 Å². The van der Waals surface area contributed by atoms with Crippen LogP contribution in [0.2, 0.25) is 0 Å². The lowest BCUT2D eigenvalue weighted by Crippen LogP contribution is -3.09. The van der Waals surface area contributed by atoms with Gasteiger partial charge in [0, 0.05) is 11.1 Å². The zero-order valence-corrected chi connectivity index (χ0v) is 14.4. The maximum absolute atomic E-state index is 11.9. The quantitative estimate of drug-likeness (QED) is 0.862. The van der Waals surface area contributed by atoms with E-state index in [0.717, 1.165) is 16.0 Å². The second-order valence-corrected chi connectivity index (χ2v) is 6.98. The van der Waals surface area contributed by atoms with Crippen molar-refractivity contribution in [2.24, 2.45) is 0 Å². The zero-order valence-electron chi connectivity index (χ0n) is 14.4. The van der Waals surface area contributed by atoms with E-state index in [2.05, 4.69) is 15.5 Å². The van der Waals surface area contributed by atoms with Crippen LogP contribution in [0.15, 0.2) is 28.7 Å². The van der Waals surface area contributed by atoms with Crippen LogP contribution in [0.4, 0.5) is 0 Å². The molecule has 6 nitrogen and oxygen atoms in total. The number of likely N-dealkylation sites (N-methyl/N-ethyl adjacent to an activating group) is 1. The number of aromatic nitrogens is 2. The monoisotopic (exact) mass is 317 g/mol. The predicted octanol–water partition coefficient (Wildman–Crippen LogP) is 0.974. The zero-order chi connectivity index (χ0) is 17.0. The van der Waals surface area contributed by atoms with E-state index in [9.17, 15) is 4.79 Å². The normalized spacial score (nSPS) is 12.9. The number of carbonyl (C=O) groups excluding carboxylic acids is 1. The van der Waals surface area contributed by atoms with Crippen molar-refractivity contribution in [3.63, 3.8) is 0 Å². The van der Waals surface area contributed by atoms with Crippen molar-refractivity contribution >= 4 is 5.91 Å². The van der Waals surface area contributed by atoms with Crippen LogP contribution in [0.1, 0.15) is 32.2 Å². The molecule has 0 bridgehead atoms. The molecule has 2 N–H and O–H groups in total. The van der Waals surface area contributed by atoms with Gasteiger partial charge in [-0.25, -0.2) is 0 Å². The minimum atomic E-state index is -0.222. The lowest BCUT2D eigenvalue weighted by atomic mass is 10.1. The number of rotatable bonds is 5. The van der Waals surface area contributed by atoms with E-state index in [0.29, 0.717) is 24.9 Å². The molecule has 1 amide bonds. The average molecular weight is 317 g/mol. The molecular weight excluding hydrogens is 292 g/mol. The van der Waals surface area contributed by atoms with E-state index in [-0.39, 0.29) is 11.4 Å². The molecule has 1 unspecified atom stereocenters. The van der Waals surface area contributed by atoms with Gasteiger partial charge in [-0.2, -0.15) is 0 Å². The molecule has 1 aromatic heterocycles. The third-order valence-corrected chi connectivity index (χ3v) is 3.16. The molecule has 0 aliphatic carbocycles. The van der Waals surface area contributed by atoms with Crippen molar-refractivity contribution in [3.05, 3.63) is 35.7 Å². The Kier molecular flexibility index (Phi) is 5.15. The van der Waals surface area contributed by atoms with Gasteiger partial charge in [0.2, 0.25) is 5.89 Å². The third kappa shape index (κ3) is 5.49. The second-order valence-electron chi connectivity index (χ2n) is 6.98. The number of carbonyl (C=O) groups is 1. The highest BCUT2D eigenvalue weighted by Gasteiger charge is 2.19. The van der Waals surface area contributed by atoms with Crippen molar-refractivity contribution in [3.8, 4) is 11.5 Å². The third-order valence-electron chi connectivity index (χ3n) is 3.16. The fourth-order valence-corrected chi connectivity index (χ4v) is 2.28. The summed E-state index contributed by atoms with van der Waals surface area (Å²) in [5.41, 5.74) is 1.83. The number of quaternary nitrogens is 1. The Morgan fingerprint density at radius 1 is 1.30 bits per heavy atom. The van der Waals surface area contributed by atoms with Crippen LogP contribution in [0.3, 0.4) is 0 Å². The number of hydrogen-bond donors (Lipinski definition) is 2. The van der Waals surface area contributed by atoms with Crippen LogP contribution in [0, 0.1) is 6.92 Å². The van der Waals surface area contributed by atoms with Gasteiger partial charge in [0.1, 0.15) is 0 Å². The molecule has 124 valence electrons. The molecular formula is C17H25N4O2+. The van der Waals surface area contributed by atoms with E-state index < -0.39 is 0 Å². The lowest BCUT2D eigenvalue weighted by Gasteiger charge is -2.21. The summed E-state index contributed by atoms with van der Waals surface area (Å²) in [4.78, 5) is 12.9. The molecule has 0 aliphatic heterocycles. The van der Waals surface area contributed by atoms with Gasteiger partial charge < -0.3 is 14.6 Å². The van der Waals surface area contributed by atoms with Gasteiger partial charge in [0.25, 0.3) is 11.8 Å². The van der Waals surface area contributed by atoms with Gasteiger partial charge in [-0.05, 0) is 39.8 Å². The minimum absolute atomic E-state index is 0.00780. The van der Waals surface area contributed by atoms with Crippen molar-refractivity contribution < 1.29 is 14.1 Å². The summed E-state index contributed by atoms with van der Waals surface area (Å²) < 4.78 is 5.70. The first-order valence-electron chi connectivity index (χ1n) is 7.75. The van der Waals surface area contributed by atoms with Crippen molar-refractivity contribution in [2.45, 2.75) is 39.8 Å². The summed E-state index contributed by atoms with van der Waals surface area (Å²) in [6.07, 6.45) is 0. The highest BCUT2D eigenvalue weighted by Crippen LogP contribution is 2.18. The summed E-state index contributed by atoms with van der Waals surface area (Å²) in [5.74, 6) is 1.05. The van der Waals surface area contributed by atoms with E-state index in [1.165, 1.54) is 0 Å². The molecule has 1 aromatic carbocycles. The molecule has 2 aromatic rings. The predicted molar refractivity (Wildman–Crippen MR) is 87.8 cm³/mol. The first-order chi connectivity index (χ1) is 10.7.